The summed E-state index contributed by atoms with van der Waals surface area (Å²) < 4.78 is 51.2. The third kappa shape index (κ3) is 10.8. The van der Waals surface area contributed by atoms with Gasteiger partial charge in [-0.15, -0.1) is 0 Å². The van der Waals surface area contributed by atoms with Crippen LogP contribution in [0.1, 0.15) is 20.3 Å². The Bertz CT molecular complexity index is 1520. The van der Waals surface area contributed by atoms with Crippen LogP contribution in [0.5, 0.6) is 0 Å². The van der Waals surface area contributed by atoms with E-state index in [1.54, 1.807) is 0 Å². The van der Waals surface area contributed by atoms with Gasteiger partial charge in [0.1, 0.15) is 116 Å². The molecule has 26 atom stereocenters. The molecule has 1 amide bonds. The van der Waals surface area contributed by atoms with E-state index in [1.807, 2.05) is 0 Å². The Morgan fingerprint density at radius 1 is 0.641 bits per heavy atom. The minimum Gasteiger partial charge on any atom is -0.477 e. The fourth-order valence-electron chi connectivity index (χ4n) is 8.04. The molecule has 5 heterocycles. The van der Waals surface area contributed by atoms with E-state index in [1.165, 1.54) is 6.92 Å². The zero-order valence-electron chi connectivity index (χ0n) is 34.1. The number of carbonyl (C=O) groups excluding carboxylic acids is 1. The van der Waals surface area contributed by atoms with Crippen LogP contribution in [-0.2, 0) is 52.2 Å². The monoisotopic (exact) mass is 941 g/mol. The summed E-state index contributed by atoms with van der Waals surface area (Å²) in [5, 5.41) is 181. The van der Waals surface area contributed by atoms with Gasteiger partial charge in [-0.1, -0.05) is 0 Å². The number of rotatable bonds is 16. The van der Waals surface area contributed by atoms with Crippen molar-refractivity contribution in [2.24, 2.45) is 0 Å². The van der Waals surface area contributed by atoms with Gasteiger partial charge in [-0.05, 0) is 6.92 Å². The van der Waals surface area contributed by atoms with Crippen LogP contribution in [0.3, 0.4) is 0 Å². The lowest BCUT2D eigenvalue weighted by Crippen LogP contribution is -2.71. The van der Waals surface area contributed by atoms with Crippen LogP contribution in [0, 0.1) is 0 Å². The summed E-state index contributed by atoms with van der Waals surface area (Å²) in [5.74, 6) is -6.16. The van der Waals surface area contributed by atoms with Crippen LogP contribution in [0.4, 0.5) is 0 Å². The van der Waals surface area contributed by atoms with Gasteiger partial charge in [0.25, 0.3) is 5.79 Å². The van der Waals surface area contributed by atoms with Crippen LogP contribution in [-0.4, -0.2) is 284 Å². The van der Waals surface area contributed by atoms with Crippen LogP contribution >= 0.6 is 0 Å². The highest BCUT2D eigenvalue weighted by Crippen LogP contribution is 2.40. The maximum absolute atomic E-state index is 12.8. The lowest BCUT2D eigenvalue weighted by molar-refractivity contribution is -0.398. The van der Waals surface area contributed by atoms with Gasteiger partial charge in [0.05, 0.1) is 38.6 Å². The first-order chi connectivity index (χ1) is 30.0. The van der Waals surface area contributed by atoms with Gasteiger partial charge in [-0.25, -0.2) is 4.79 Å². The molecule has 0 spiro atoms. The molecule has 64 heavy (non-hydrogen) atoms. The zero-order chi connectivity index (χ0) is 47.7. The van der Waals surface area contributed by atoms with Gasteiger partial charge in [0, 0.05) is 13.3 Å². The molecular weight excluding hydrogens is 882 g/mol. The second kappa shape index (κ2) is 21.9. The van der Waals surface area contributed by atoms with Crippen molar-refractivity contribution in [3.05, 3.63) is 0 Å². The molecule has 5 rings (SSSR count). The van der Waals surface area contributed by atoms with E-state index >= 15 is 0 Å². The van der Waals surface area contributed by atoms with Crippen molar-refractivity contribution in [2.75, 3.05) is 26.4 Å². The number of aliphatic hydroxyl groups is 16. The SMILES string of the molecule is CC(=O)N[C@H]1[C@H](O[C@H]2[C@@H](O)[C@@H](CO)OC(O)[C@@H]2O)O[C@H](CO)[C@@H](O[C@@H]2O[C@H](CO)[C@H](O)[C@H](O[C@]3(C(=O)O)C[C@H](O)[C@@H](O)[C@H]([C@H](O)[C@H](O)CO)O3)[C@H]2O)[C@@H]1O[C@@H]1O[C@@H](C)[C@@H](O)[C@@H](O)[C@@H]1O. The summed E-state index contributed by atoms with van der Waals surface area (Å²) in [7, 11) is 0. The van der Waals surface area contributed by atoms with E-state index in [-0.39, 0.29) is 0 Å². The molecule has 0 saturated carbocycles. The molecule has 0 radical (unpaired) electrons. The van der Waals surface area contributed by atoms with E-state index in [0.717, 1.165) is 6.92 Å². The predicted octanol–water partition coefficient (Wildman–Crippen LogP) is -11.5. The van der Waals surface area contributed by atoms with Gasteiger partial charge in [-0.2, -0.15) is 0 Å². The minimum atomic E-state index is -3.19. The molecule has 0 aromatic carbocycles. The summed E-state index contributed by atoms with van der Waals surface area (Å²) in [6.07, 6.45) is -48.9. The second-order valence-corrected chi connectivity index (χ2v) is 16.1. The topological polar surface area (TPSA) is 473 Å². The number of hydrogen-bond donors (Lipinski definition) is 18. The van der Waals surface area contributed by atoms with Crippen molar-refractivity contribution in [3.63, 3.8) is 0 Å². The molecule has 0 bridgehead atoms. The molecule has 5 saturated heterocycles. The number of carbonyl (C=O) groups is 2. The Labute approximate surface area is 362 Å². The normalized spacial score (nSPS) is 48.9. The quantitative estimate of drug-likeness (QED) is 0.0683. The van der Waals surface area contributed by atoms with Crippen molar-refractivity contribution in [1.82, 2.24) is 5.32 Å². The summed E-state index contributed by atoms with van der Waals surface area (Å²) in [5.41, 5.74) is 0. The minimum absolute atomic E-state index is 0.883. The van der Waals surface area contributed by atoms with Gasteiger partial charge in [-0.3, -0.25) is 4.79 Å². The van der Waals surface area contributed by atoms with Crippen molar-refractivity contribution in [3.8, 4) is 0 Å². The maximum Gasteiger partial charge on any atom is 0.364 e. The Morgan fingerprint density at radius 3 is 1.77 bits per heavy atom. The van der Waals surface area contributed by atoms with E-state index in [9.17, 15) is 96.4 Å². The van der Waals surface area contributed by atoms with Gasteiger partial charge in [0.15, 0.2) is 25.2 Å². The second-order valence-electron chi connectivity index (χ2n) is 16.1. The summed E-state index contributed by atoms with van der Waals surface area (Å²) in [6, 6.07) is -1.81. The highest BCUT2D eigenvalue weighted by molar-refractivity contribution is 5.76. The molecule has 0 aromatic rings. The highest BCUT2D eigenvalue weighted by Gasteiger charge is 2.61. The Hall–Kier alpha value is -2.06. The first kappa shape index (κ1) is 52.9. The van der Waals surface area contributed by atoms with Crippen molar-refractivity contribution in [2.45, 2.75) is 179 Å². The molecule has 29 nitrogen and oxygen atoms in total. The molecule has 5 aliphatic heterocycles. The van der Waals surface area contributed by atoms with E-state index in [2.05, 4.69) is 5.32 Å². The lowest BCUT2D eigenvalue weighted by atomic mass is 9.90. The van der Waals surface area contributed by atoms with E-state index in [0.29, 0.717) is 0 Å². The van der Waals surface area contributed by atoms with E-state index < -0.39 is 204 Å². The molecule has 5 aliphatic rings. The first-order valence-corrected chi connectivity index (χ1v) is 20.1. The Morgan fingerprint density at radius 2 is 1.19 bits per heavy atom. The van der Waals surface area contributed by atoms with Crippen LogP contribution in [0.2, 0.25) is 0 Å². The predicted molar refractivity (Wildman–Crippen MR) is 194 cm³/mol. The largest absolute Gasteiger partial charge is 0.477 e. The third-order valence-corrected chi connectivity index (χ3v) is 11.6. The Balaban J connectivity index is 1.54. The number of aliphatic carboxylic acids is 1. The molecule has 5 fully saturated rings. The molecule has 1 unspecified atom stereocenters. The standard InChI is InChI=1S/C35H59NO28/c1-8-16(44)21(49)22(50)32(56-8)61-26-15(36-9(2)41)31(62-27-19(47)12(5-38)57-30(53)23(27)51)59-14(7-40)25(26)60-33-24(52)29(20(48)13(6-39)58-33)64-35(34(54)55)3-10(42)17(45)28(63-35)18(46)11(43)4-37/h8,10-33,37-40,42-53H,3-7H2,1-2H3,(H,36,41)(H,54,55)/t8-,10-,11+,12+,13+,14+,15+,16+,17+,18+,19-,20-,21+,22-,23+,24+,25+,26+,27-,28+,29-,30?,31-,32-,33-,35-/m0/s1. The number of nitrogens with one attached hydrogen (secondary N) is 1. The zero-order valence-corrected chi connectivity index (χ0v) is 34.1. The highest BCUT2D eigenvalue weighted by atomic mass is 16.8. The van der Waals surface area contributed by atoms with E-state index in [4.69, 9.17) is 42.6 Å². The van der Waals surface area contributed by atoms with Crippen LogP contribution in [0.25, 0.3) is 0 Å². The van der Waals surface area contributed by atoms with Gasteiger partial charge < -0.3 is 135 Å². The molecule has 372 valence electrons. The number of ether oxygens (including phenoxy) is 9. The number of carboxylic acid groups (broad SMARTS) is 1. The summed E-state index contributed by atoms with van der Waals surface area (Å²) >= 11 is 0. The molecule has 0 aromatic heterocycles. The van der Waals surface area contributed by atoms with Crippen molar-refractivity contribution >= 4 is 11.9 Å². The number of aliphatic hydroxyl groups excluding tert-OH is 16. The Kier molecular flexibility index (Phi) is 18.1. The fraction of sp³-hybridized carbons (Fsp3) is 0.943. The molecule has 0 aliphatic carbocycles. The van der Waals surface area contributed by atoms with Gasteiger partial charge in [0.2, 0.25) is 5.91 Å². The summed E-state index contributed by atoms with van der Waals surface area (Å²) in [6.45, 7) is -1.99. The number of hydrogen-bond acceptors (Lipinski definition) is 27. The van der Waals surface area contributed by atoms with Gasteiger partial charge >= 0.3 is 5.97 Å². The number of carboxylic acids is 1. The van der Waals surface area contributed by atoms with Crippen LogP contribution in [0.15, 0.2) is 0 Å². The number of amides is 1. The lowest BCUT2D eigenvalue weighted by Gasteiger charge is -2.52. The smallest absolute Gasteiger partial charge is 0.364 e. The molecular formula is C35H59NO28. The fourth-order valence-corrected chi connectivity index (χ4v) is 8.04. The average Bonchev–Trinajstić information content (AvgIpc) is 3.25. The van der Waals surface area contributed by atoms with Crippen molar-refractivity contribution in [1.29, 1.82) is 0 Å². The van der Waals surface area contributed by atoms with Crippen LogP contribution < -0.4 is 5.32 Å². The average molecular weight is 942 g/mol. The summed E-state index contributed by atoms with van der Waals surface area (Å²) in [4.78, 5) is 25.6. The third-order valence-electron chi connectivity index (χ3n) is 11.6. The molecule has 29 heteroatoms. The molecule has 18 N–H and O–H groups in total. The van der Waals surface area contributed by atoms with Crippen molar-refractivity contribution < 1.29 is 139 Å². The first-order valence-electron chi connectivity index (χ1n) is 20.1. The maximum atomic E-state index is 12.8.